The summed E-state index contributed by atoms with van der Waals surface area (Å²) in [6.07, 6.45) is 3.65. The van der Waals surface area contributed by atoms with Crippen LogP contribution < -0.4 is 37.6 Å². The number of likely N-dealkylation sites (N-methyl/N-ethyl adjacent to an activating group) is 1. The summed E-state index contributed by atoms with van der Waals surface area (Å²) in [7, 11) is 3.18. The number of hydrogen-bond donors (Lipinski definition) is 7. The van der Waals surface area contributed by atoms with Gasteiger partial charge in [-0.05, 0) is 69.1 Å². The molecule has 0 unspecified atom stereocenters. The third-order valence-electron chi connectivity index (χ3n) is 9.29. The summed E-state index contributed by atoms with van der Waals surface area (Å²) in [5.74, 6) is -3.62. The number of unbranched alkanes of at least 4 members (excludes halogenated alkanes) is 2. The van der Waals surface area contributed by atoms with Crippen molar-refractivity contribution in [3.8, 4) is 0 Å². The molecule has 326 valence electrons. The van der Waals surface area contributed by atoms with Crippen LogP contribution in [0.15, 0.2) is 36.4 Å². The van der Waals surface area contributed by atoms with E-state index in [1.165, 1.54) is 30.9 Å². The van der Waals surface area contributed by atoms with Crippen molar-refractivity contribution in [3.05, 3.63) is 42.0 Å². The molecule has 0 fully saturated rings. The first-order chi connectivity index (χ1) is 27.6. The molecule has 1 aromatic rings. The number of alkyl carbamates (subject to hydrolysis) is 1. The molecule has 3 atom stereocenters. The van der Waals surface area contributed by atoms with Gasteiger partial charge >= 0.3 is 12.1 Å². The Labute approximate surface area is 345 Å². The SMILES string of the molecule is CC(C)[C@H](NC(=O)CCCCCN1C(=O)C=CC1=O)C(=O)N[C@@H](CCCNC(N)=O)C(=O)Nc1ccc(COC(=O)NC(C)(C)C(=O)N[C@H](C(=O)N(C)C)C(C)C)cc1. The average Bonchev–Trinajstić information content (AvgIpc) is 3.48. The first kappa shape index (κ1) is 49.1. The number of primary amides is 1. The highest BCUT2D eigenvalue weighted by molar-refractivity contribution is 6.12. The number of hydrogen-bond acceptors (Lipinski definition) is 10. The number of benzene rings is 1. The molecule has 0 spiro atoms. The van der Waals surface area contributed by atoms with E-state index in [0.29, 0.717) is 30.5 Å². The fraction of sp³-hybridized carbons (Fsp3) is 0.575. The van der Waals surface area contributed by atoms with Crippen molar-refractivity contribution in [2.45, 2.75) is 110 Å². The van der Waals surface area contributed by atoms with Crippen LogP contribution in [0.4, 0.5) is 15.3 Å². The number of nitrogens with one attached hydrogen (secondary N) is 6. The van der Waals surface area contributed by atoms with E-state index >= 15 is 0 Å². The highest BCUT2D eigenvalue weighted by Crippen LogP contribution is 2.15. The van der Waals surface area contributed by atoms with Crippen LogP contribution in [-0.2, 0) is 44.9 Å². The Morgan fingerprint density at radius 3 is 1.97 bits per heavy atom. The first-order valence-corrected chi connectivity index (χ1v) is 19.7. The van der Waals surface area contributed by atoms with E-state index in [2.05, 4.69) is 31.9 Å². The third-order valence-corrected chi connectivity index (χ3v) is 9.29. The Kier molecular flexibility index (Phi) is 19.5. The van der Waals surface area contributed by atoms with Crippen molar-refractivity contribution in [2.24, 2.45) is 17.6 Å². The molecule has 10 amide bonds. The topological polar surface area (TPSA) is 268 Å². The molecule has 19 nitrogen and oxygen atoms in total. The van der Waals surface area contributed by atoms with Gasteiger partial charge < -0.3 is 47.3 Å². The van der Waals surface area contributed by atoms with E-state index in [0.717, 1.165) is 4.90 Å². The van der Waals surface area contributed by atoms with Crippen molar-refractivity contribution >= 4 is 59.2 Å². The predicted molar refractivity (Wildman–Crippen MR) is 218 cm³/mol. The number of imide groups is 1. The standard InChI is InChI=1S/C40H61N9O10/c1-24(2)32(45-29(50)14-10-9-11-22-49-30(51)19-20-31(49)52)35(54)44-28(13-12-21-42-38(41)57)34(53)43-27-17-15-26(16-18-27)23-59-39(58)47-40(5,6)37(56)46-33(25(3)4)36(55)48(7)8/h15-20,24-25,28,32-33H,9-14,21-23H2,1-8H3,(H,43,53)(H,44,54)(H,45,50)(H,46,56)(H,47,58)(H3,41,42,57)/t28-,32-,33-/m0/s1. The molecule has 2 rings (SSSR count). The second kappa shape index (κ2) is 23.4. The first-order valence-electron chi connectivity index (χ1n) is 19.7. The summed E-state index contributed by atoms with van der Waals surface area (Å²) in [5, 5.41) is 15.9. The van der Waals surface area contributed by atoms with Crippen LogP contribution in [0.25, 0.3) is 0 Å². The van der Waals surface area contributed by atoms with Crippen molar-refractivity contribution in [1.29, 1.82) is 0 Å². The molecular formula is C40H61N9O10. The van der Waals surface area contributed by atoms with Crippen molar-refractivity contribution < 1.29 is 47.9 Å². The zero-order chi connectivity index (χ0) is 44.4. The van der Waals surface area contributed by atoms with Gasteiger partial charge in [-0.1, -0.05) is 46.2 Å². The lowest BCUT2D eigenvalue weighted by Crippen LogP contribution is -2.59. The van der Waals surface area contributed by atoms with E-state index < -0.39 is 53.5 Å². The summed E-state index contributed by atoms with van der Waals surface area (Å²) < 4.78 is 5.32. The van der Waals surface area contributed by atoms with Crippen LogP contribution in [0, 0.1) is 11.8 Å². The number of carbonyl (C=O) groups excluding carboxylic acids is 9. The molecule has 1 aromatic carbocycles. The fourth-order valence-corrected chi connectivity index (χ4v) is 5.74. The Balaban J connectivity index is 1.97. The number of rotatable bonds is 23. The maximum atomic E-state index is 13.5. The van der Waals surface area contributed by atoms with Crippen molar-refractivity contribution in [1.82, 2.24) is 36.4 Å². The minimum atomic E-state index is -1.41. The molecule has 8 N–H and O–H groups in total. The van der Waals surface area contributed by atoms with Gasteiger partial charge in [0.05, 0.1) is 0 Å². The maximum Gasteiger partial charge on any atom is 0.408 e. The second-order valence-corrected chi connectivity index (χ2v) is 15.7. The zero-order valence-electron chi connectivity index (χ0n) is 35.3. The molecule has 0 bridgehead atoms. The summed E-state index contributed by atoms with van der Waals surface area (Å²) in [5.41, 5.74) is 4.68. The van der Waals surface area contributed by atoms with E-state index in [4.69, 9.17) is 10.5 Å². The van der Waals surface area contributed by atoms with E-state index in [9.17, 15) is 43.2 Å². The number of nitrogens with zero attached hydrogens (tertiary/aromatic N) is 2. The number of carbonyl (C=O) groups is 9. The van der Waals surface area contributed by atoms with Gasteiger partial charge in [-0.15, -0.1) is 0 Å². The molecule has 59 heavy (non-hydrogen) atoms. The molecule has 0 aliphatic carbocycles. The van der Waals surface area contributed by atoms with Crippen molar-refractivity contribution in [2.75, 3.05) is 32.5 Å². The Morgan fingerprint density at radius 1 is 0.797 bits per heavy atom. The maximum absolute atomic E-state index is 13.5. The predicted octanol–water partition coefficient (Wildman–Crippen LogP) is 1.42. The number of amides is 10. The molecular weight excluding hydrogens is 766 g/mol. The second-order valence-electron chi connectivity index (χ2n) is 15.7. The van der Waals surface area contributed by atoms with Gasteiger partial charge in [0.1, 0.15) is 30.3 Å². The minimum Gasteiger partial charge on any atom is -0.445 e. The Morgan fingerprint density at radius 2 is 1.41 bits per heavy atom. The van der Waals surface area contributed by atoms with Gasteiger partial charge in [-0.25, -0.2) is 9.59 Å². The fourth-order valence-electron chi connectivity index (χ4n) is 5.74. The average molecular weight is 828 g/mol. The molecule has 0 saturated heterocycles. The quantitative estimate of drug-likeness (QED) is 0.0616. The zero-order valence-corrected chi connectivity index (χ0v) is 35.3. The van der Waals surface area contributed by atoms with Crippen LogP contribution in [-0.4, -0.2) is 114 Å². The molecule has 0 aromatic heterocycles. The summed E-state index contributed by atoms with van der Waals surface area (Å²) in [4.78, 5) is 115. The molecule has 1 heterocycles. The number of anilines is 1. The lowest BCUT2D eigenvalue weighted by Gasteiger charge is -2.30. The molecule has 19 heteroatoms. The van der Waals surface area contributed by atoms with Gasteiger partial charge in [-0.2, -0.15) is 0 Å². The molecule has 0 saturated carbocycles. The van der Waals surface area contributed by atoms with Gasteiger partial charge in [-0.3, -0.25) is 38.5 Å². The number of ether oxygens (including phenoxy) is 1. The van der Waals surface area contributed by atoms with Crippen LogP contribution in [0.5, 0.6) is 0 Å². The largest absolute Gasteiger partial charge is 0.445 e. The Hall–Kier alpha value is -6.01. The Bertz CT molecular complexity index is 1690. The van der Waals surface area contributed by atoms with Gasteiger partial charge in [0.2, 0.25) is 29.5 Å². The van der Waals surface area contributed by atoms with Crippen LogP contribution in [0.2, 0.25) is 0 Å². The van der Waals surface area contributed by atoms with E-state index in [-0.39, 0.29) is 74.4 Å². The molecule has 1 aliphatic heterocycles. The van der Waals surface area contributed by atoms with Gasteiger partial charge in [0.15, 0.2) is 0 Å². The lowest BCUT2D eigenvalue weighted by atomic mass is 9.99. The van der Waals surface area contributed by atoms with E-state index in [1.807, 2.05) is 0 Å². The number of urea groups is 1. The summed E-state index contributed by atoms with van der Waals surface area (Å²) in [6, 6.07) is 2.81. The highest BCUT2D eigenvalue weighted by Gasteiger charge is 2.35. The van der Waals surface area contributed by atoms with Crippen LogP contribution >= 0.6 is 0 Å². The van der Waals surface area contributed by atoms with Gasteiger partial charge in [0, 0.05) is 51.4 Å². The smallest absolute Gasteiger partial charge is 0.408 e. The lowest BCUT2D eigenvalue weighted by molar-refractivity contribution is -0.137. The highest BCUT2D eigenvalue weighted by atomic mass is 16.5. The van der Waals surface area contributed by atoms with Gasteiger partial charge in [0.25, 0.3) is 11.8 Å². The van der Waals surface area contributed by atoms with Crippen LogP contribution in [0.1, 0.15) is 85.6 Å². The minimum absolute atomic E-state index is 0.111. The molecule has 0 radical (unpaired) electrons. The van der Waals surface area contributed by atoms with Crippen LogP contribution in [0.3, 0.4) is 0 Å². The summed E-state index contributed by atoms with van der Waals surface area (Å²) >= 11 is 0. The van der Waals surface area contributed by atoms with Crippen molar-refractivity contribution in [3.63, 3.8) is 0 Å². The summed E-state index contributed by atoms with van der Waals surface area (Å²) in [6.45, 7) is 10.3. The number of nitrogens with two attached hydrogens (primary N) is 1. The monoisotopic (exact) mass is 827 g/mol. The normalized spacial score (nSPS) is 14.0. The molecule has 1 aliphatic rings. The van der Waals surface area contributed by atoms with E-state index in [1.54, 1.807) is 66.1 Å². The third kappa shape index (κ3) is 16.8.